The van der Waals surface area contributed by atoms with Crippen molar-refractivity contribution < 1.29 is 0 Å². The van der Waals surface area contributed by atoms with Gasteiger partial charge in [-0.2, -0.15) is 0 Å². The van der Waals surface area contributed by atoms with Crippen LogP contribution in [0.4, 0.5) is 5.69 Å². The van der Waals surface area contributed by atoms with Crippen LogP contribution in [0.15, 0.2) is 22.7 Å². The maximum atomic E-state index is 6.08. The third kappa shape index (κ3) is 3.41. The number of benzene rings is 1. The third-order valence-electron chi connectivity index (χ3n) is 3.21. The second-order valence-electron chi connectivity index (χ2n) is 4.50. The van der Waals surface area contributed by atoms with E-state index in [1.54, 1.807) is 0 Å². The van der Waals surface area contributed by atoms with Gasteiger partial charge >= 0.3 is 0 Å². The number of anilines is 1. The van der Waals surface area contributed by atoms with Crippen molar-refractivity contribution in [3.05, 3.63) is 27.7 Å². The third-order valence-corrected chi connectivity index (χ3v) is 4.61. The molecule has 0 saturated carbocycles. The van der Waals surface area contributed by atoms with Gasteiger partial charge in [0.15, 0.2) is 0 Å². The summed E-state index contributed by atoms with van der Waals surface area (Å²) in [4.78, 5) is 2.31. The fraction of sp³-hybridized carbons (Fsp3) is 0.429. The van der Waals surface area contributed by atoms with Crippen LogP contribution in [-0.2, 0) is 0 Å². The number of nitrogens with zero attached hydrogens (tertiary/aromatic N) is 1. The van der Waals surface area contributed by atoms with E-state index in [2.05, 4.69) is 32.1 Å². The van der Waals surface area contributed by atoms with E-state index in [1.165, 1.54) is 0 Å². The molecule has 0 aromatic heterocycles. The highest BCUT2D eigenvalue weighted by Gasteiger charge is 2.19. The molecule has 0 bridgehead atoms. The second-order valence-corrected chi connectivity index (χ2v) is 5.70. The largest absolute Gasteiger partial charge is 0.381 e. The van der Waals surface area contributed by atoms with Crippen molar-refractivity contribution in [3.8, 4) is 12.3 Å². The van der Waals surface area contributed by atoms with Crippen LogP contribution in [0.1, 0.15) is 12.8 Å². The van der Waals surface area contributed by atoms with E-state index in [4.69, 9.17) is 18.0 Å². The molecule has 0 atom stereocenters. The minimum atomic E-state index is 0.494. The number of halogens is 2. The van der Waals surface area contributed by atoms with Crippen molar-refractivity contribution in [3.63, 3.8) is 0 Å². The average molecular weight is 328 g/mol. The Morgan fingerprint density at radius 2 is 2.17 bits per heavy atom. The molecule has 1 aromatic rings. The van der Waals surface area contributed by atoms with Gasteiger partial charge in [0.2, 0.25) is 0 Å². The van der Waals surface area contributed by atoms with E-state index in [0.29, 0.717) is 6.04 Å². The Morgan fingerprint density at radius 3 is 2.83 bits per heavy atom. The average Bonchev–Trinajstić information content (AvgIpc) is 2.38. The molecule has 1 heterocycles. The number of piperidine rings is 1. The van der Waals surface area contributed by atoms with Crippen molar-refractivity contribution in [1.29, 1.82) is 0 Å². The Hall–Kier alpha value is -0.690. The van der Waals surface area contributed by atoms with E-state index in [-0.39, 0.29) is 0 Å². The number of rotatable bonds is 3. The van der Waals surface area contributed by atoms with Gasteiger partial charge in [-0.05, 0) is 40.9 Å². The molecule has 1 N–H and O–H groups in total. The van der Waals surface area contributed by atoms with Crippen LogP contribution in [0.25, 0.3) is 0 Å². The van der Waals surface area contributed by atoms with E-state index in [0.717, 1.165) is 47.7 Å². The number of nitrogens with one attached hydrogen (secondary N) is 1. The minimum Gasteiger partial charge on any atom is -0.381 e. The van der Waals surface area contributed by atoms with Gasteiger partial charge in [-0.1, -0.05) is 23.6 Å². The molecule has 4 heteroatoms. The molecule has 0 amide bonds. The Bertz CT molecular complexity index is 448. The summed E-state index contributed by atoms with van der Waals surface area (Å²) >= 11 is 9.59. The smallest absolute Gasteiger partial charge is 0.0598 e. The van der Waals surface area contributed by atoms with Gasteiger partial charge in [-0.3, -0.25) is 4.90 Å². The SMILES string of the molecule is C#CCN1CCC(Nc2cccc(Cl)c2Br)CC1. The number of likely N-dealkylation sites (tertiary alicyclic amines) is 1. The van der Waals surface area contributed by atoms with Crippen molar-refractivity contribution in [2.45, 2.75) is 18.9 Å². The molecule has 0 radical (unpaired) electrons. The monoisotopic (exact) mass is 326 g/mol. The fourth-order valence-corrected chi connectivity index (χ4v) is 2.75. The zero-order valence-corrected chi connectivity index (χ0v) is 12.5. The fourth-order valence-electron chi connectivity index (χ4n) is 2.20. The number of hydrogen-bond acceptors (Lipinski definition) is 2. The van der Waals surface area contributed by atoms with Crippen molar-refractivity contribution in [2.75, 3.05) is 25.0 Å². The quantitative estimate of drug-likeness (QED) is 0.853. The Labute approximate surface area is 122 Å². The summed E-state index contributed by atoms with van der Waals surface area (Å²) < 4.78 is 0.942. The van der Waals surface area contributed by atoms with Crippen molar-refractivity contribution in [1.82, 2.24) is 4.90 Å². The molecule has 1 aliphatic rings. The lowest BCUT2D eigenvalue weighted by molar-refractivity contribution is 0.243. The van der Waals surface area contributed by atoms with Crippen molar-refractivity contribution >= 4 is 33.2 Å². The lowest BCUT2D eigenvalue weighted by Gasteiger charge is -2.31. The molecule has 0 aliphatic carbocycles. The highest BCUT2D eigenvalue weighted by molar-refractivity contribution is 9.10. The van der Waals surface area contributed by atoms with Gasteiger partial charge in [0, 0.05) is 19.1 Å². The highest BCUT2D eigenvalue weighted by Crippen LogP contribution is 2.31. The minimum absolute atomic E-state index is 0.494. The van der Waals surface area contributed by atoms with Crippen LogP contribution >= 0.6 is 27.5 Å². The van der Waals surface area contributed by atoms with Gasteiger partial charge in [-0.15, -0.1) is 6.42 Å². The molecule has 0 spiro atoms. The zero-order chi connectivity index (χ0) is 13.0. The summed E-state index contributed by atoms with van der Waals surface area (Å²) in [7, 11) is 0. The van der Waals surface area contributed by atoms with Crippen molar-refractivity contribution in [2.24, 2.45) is 0 Å². The maximum Gasteiger partial charge on any atom is 0.0598 e. The van der Waals surface area contributed by atoms with Crippen LogP contribution in [0.3, 0.4) is 0 Å². The molecule has 1 aliphatic heterocycles. The first kappa shape index (κ1) is 13.7. The Kier molecular flexibility index (Phi) is 4.94. The molecule has 18 heavy (non-hydrogen) atoms. The van der Waals surface area contributed by atoms with Crippen LogP contribution < -0.4 is 5.32 Å². The molecule has 2 nitrogen and oxygen atoms in total. The first-order valence-corrected chi connectivity index (χ1v) is 7.24. The molecule has 2 rings (SSSR count). The summed E-state index contributed by atoms with van der Waals surface area (Å²) in [5.74, 6) is 2.70. The van der Waals surface area contributed by atoms with Crippen LogP contribution in [0.5, 0.6) is 0 Å². The topological polar surface area (TPSA) is 15.3 Å². The van der Waals surface area contributed by atoms with E-state index >= 15 is 0 Å². The predicted octanol–water partition coefficient (Wildman–Crippen LogP) is 3.61. The maximum absolute atomic E-state index is 6.08. The molecule has 1 aromatic carbocycles. The Morgan fingerprint density at radius 1 is 1.44 bits per heavy atom. The first-order valence-electron chi connectivity index (χ1n) is 6.07. The normalized spacial score (nSPS) is 17.4. The molecule has 1 saturated heterocycles. The summed E-state index contributed by atoms with van der Waals surface area (Å²) in [5.41, 5.74) is 1.07. The lowest BCUT2D eigenvalue weighted by atomic mass is 10.0. The predicted molar refractivity (Wildman–Crippen MR) is 81.1 cm³/mol. The summed E-state index contributed by atoms with van der Waals surface area (Å²) in [6.07, 6.45) is 7.55. The van der Waals surface area contributed by atoms with E-state index in [1.807, 2.05) is 18.2 Å². The summed E-state index contributed by atoms with van der Waals surface area (Å²) in [5, 5.41) is 4.28. The molecule has 96 valence electrons. The van der Waals surface area contributed by atoms with Crippen LogP contribution in [0, 0.1) is 12.3 Å². The van der Waals surface area contributed by atoms with Gasteiger partial charge in [0.1, 0.15) is 0 Å². The zero-order valence-electron chi connectivity index (χ0n) is 10.1. The molecular formula is C14H16BrClN2. The molecule has 1 fully saturated rings. The second kappa shape index (κ2) is 6.47. The highest BCUT2D eigenvalue weighted by atomic mass is 79.9. The lowest BCUT2D eigenvalue weighted by Crippen LogP contribution is -2.39. The summed E-state index contributed by atoms with van der Waals surface area (Å²) in [6, 6.07) is 6.38. The van der Waals surface area contributed by atoms with Crippen LogP contribution in [0.2, 0.25) is 5.02 Å². The standard InChI is InChI=1S/C14H16BrClN2/c1-2-8-18-9-6-11(7-10-18)17-13-5-3-4-12(16)14(13)15/h1,3-5,11,17H,6-10H2. The number of terminal acetylenes is 1. The molecular weight excluding hydrogens is 312 g/mol. The molecule has 0 unspecified atom stereocenters. The van der Waals surface area contributed by atoms with E-state index < -0.39 is 0 Å². The van der Waals surface area contributed by atoms with Gasteiger partial charge in [0.05, 0.1) is 21.7 Å². The first-order chi connectivity index (χ1) is 8.70. The van der Waals surface area contributed by atoms with Crippen LogP contribution in [-0.4, -0.2) is 30.6 Å². The van der Waals surface area contributed by atoms with Gasteiger partial charge < -0.3 is 5.32 Å². The van der Waals surface area contributed by atoms with Gasteiger partial charge in [-0.25, -0.2) is 0 Å². The van der Waals surface area contributed by atoms with E-state index in [9.17, 15) is 0 Å². The Balaban J connectivity index is 1.92. The summed E-state index contributed by atoms with van der Waals surface area (Å²) in [6.45, 7) is 2.87. The van der Waals surface area contributed by atoms with Gasteiger partial charge in [0.25, 0.3) is 0 Å². The number of hydrogen-bond donors (Lipinski definition) is 1.